The van der Waals surface area contributed by atoms with Gasteiger partial charge in [0.25, 0.3) is 0 Å². The number of thioether (sulfide) groups is 1. The molecule has 1 aromatic heterocycles. The van der Waals surface area contributed by atoms with Crippen molar-refractivity contribution in [1.82, 2.24) is 4.98 Å². The topological polar surface area (TPSA) is 31.4 Å². The molecule has 0 aromatic carbocycles. The Morgan fingerprint density at radius 2 is 2.06 bits per heavy atom. The molecule has 0 saturated carbocycles. The lowest BCUT2D eigenvalue weighted by atomic mass is 10.5. The smallest absolute Gasteiger partial charge is 0.166 e. The van der Waals surface area contributed by atoms with E-state index in [0.29, 0.717) is 13.2 Å². The normalized spacial score (nSPS) is 11.0. The summed E-state index contributed by atoms with van der Waals surface area (Å²) < 4.78 is 11.9. The second-order valence-electron chi connectivity index (χ2n) is 2.94. The van der Waals surface area contributed by atoms with Gasteiger partial charge >= 0.3 is 0 Å². The highest BCUT2D eigenvalue weighted by atomic mass is 79.9. The summed E-state index contributed by atoms with van der Waals surface area (Å²) in [4.78, 5) is 4.28. The van der Waals surface area contributed by atoms with E-state index in [1.165, 1.54) is 0 Å². The molecule has 1 aromatic rings. The average Bonchev–Trinajstić information content (AvgIpc) is 2.28. The molecule has 0 aliphatic heterocycles. The van der Waals surface area contributed by atoms with Crippen LogP contribution in [-0.4, -0.2) is 30.2 Å². The van der Waals surface area contributed by atoms with Crippen LogP contribution in [0.2, 0.25) is 0 Å². The second kappa shape index (κ2) is 8.06. The van der Waals surface area contributed by atoms with E-state index in [4.69, 9.17) is 9.47 Å². The van der Waals surface area contributed by atoms with Gasteiger partial charge in [-0.25, -0.2) is 4.98 Å². The van der Waals surface area contributed by atoms with Crippen LogP contribution in [0, 0.1) is 0 Å². The minimum absolute atomic E-state index is 0.158. The summed E-state index contributed by atoms with van der Waals surface area (Å²) in [6.45, 7) is 5.25. The van der Waals surface area contributed by atoms with Crippen LogP contribution in [0.15, 0.2) is 27.8 Å². The van der Waals surface area contributed by atoms with Crippen molar-refractivity contribution in [3.05, 3.63) is 22.8 Å². The third-order valence-electron chi connectivity index (χ3n) is 1.79. The van der Waals surface area contributed by atoms with Crippen LogP contribution in [0.3, 0.4) is 0 Å². The zero-order chi connectivity index (χ0) is 11.8. The van der Waals surface area contributed by atoms with Gasteiger partial charge in [0.1, 0.15) is 5.03 Å². The van der Waals surface area contributed by atoms with Gasteiger partial charge in [0.15, 0.2) is 6.29 Å². The zero-order valence-corrected chi connectivity index (χ0v) is 11.9. The Bertz CT molecular complexity index is 306. The Balaban J connectivity index is 2.45. The molecule has 1 heterocycles. The first kappa shape index (κ1) is 14.0. The molecule has 16 heavy (non-hydrogen) atoms. The van der Waals surface area contributed by atoms with E-state index in [9.17, 15) is 0 Å². The van der Waals surface area contributed by atoms with Crippen molar-refractivity contribution in [2.45, 2.75) is 25.2 Å². The number of halogens is 1. The quantitative estimate of drug-likeness (QED) is 0.571. The predicted molar refractivity (Wildman–Crippen MR) is 69.7 cm³/mol. The van der Waals surface area contributed by atoms with Crippen molar-refractivity contribution in [3.63, 3.8) is 0 Å². The van der Waals surface area contributed by atoms with Gasteiger partial charge in [-0.05, 0) is 41.9 Å². The maximum absolute atomic E-state index is 5.46. The van der Waals surface area contributed by atoms with Crippen molar-refractivity contribution in [1.29, 1.82) is 0 Å². The number of nitrogens with zero attached hydrogens (tertiary/aromatic N) is 1. The van der Waals surface area contributed by atoms with Crippen molar-refractivity contribution >= 4 is 27.7 Å². The SMILES string of the molecule is CCOC(CSc1ncccc1Br)OCC. The molecule has 5 heteroatoms. The minimum atomic E-state index is -0.158. The molecule has 0 radical (unpaired) electrons. The van der Waals surface area contributed by atoms with E-state index in [-0.39, 0.29) is 6.29 Å². The fraction of sp³-hybridized carbons (Fsp3) is 0.545. The molecule has 0 aliphatic rings. The van der Waals surface area contributed by atoms with Gasteiger partial charge in [-0.3, -0.25) is 0 Å². The molecule has 0 amide bonds. The summed E-state index contributed by atoms with van der Waals surface area (Å²) in [6, 6.07) is 3.88. The van der Waals surface area contributed by atoms with Crippen molar-refractivity contribution < 1.29 is 9.47 Å². The number of aromatic nitrogens is 1. The number of ether oxygens (including phenoxy) is 2. The Labute approximate surface area is 109 Å². The first-order valence-corrected chi connectivity index (χ1v) is 7.02. The summed E-state index contributed by atoms with van der Waals surface area (Å²) in [5, 5.41) is 0.965. The van der Waals surface area contributed by atoms with Gasteiger partial charge < -0.3 is 9.47 Å². The molecule has 90 valence electrons. The van der Waals surface area contributed by atoms with E-state index in [1.807, 2.05) is 26.0 Å². The van der Waals surface area contributed by atoms with Gasteiger partial charge in [0.05, 0.1) is 5.75 Å². The Kier molecular flexibility index (Phi) is 7.03. The summed E-state index contributed by atoms with van der Waals surface area (Å²) in [7, 11) is 0. The summed E-state index contributed by atoms with van der Waals surface area (Å²) >= 11 is 5.09. The molecule has 0 aliphatic carbocycles. The second-order valence-corrected chi connectivity index (χ2v) is 4.80. The summed E-state index contributed by atoms with van der Waals surface area (Å²) in [5.41, 5.74) is 0. The Morgan fingerprint density at radius 1 is 1.38 bits per heavy atom. The van der Waals surface area contributed by atoms with Crippen molar-refractivity contribution in [2.24, 2.45) is 0 Å². The van der Waals surface area contributed by atoms with Crippen LogP contribution in [-0.2, 0) is 9.47 Å². The minimum Gasteiger partial charge on any atom is -0.352 e. The zero-order valence-electron chi connectivity index (χ0n) is 9.48. The van der Waals surface area contributed by atoms with Gasteiger partial charge in [-0.15, -0.1) is 11.8 Å². The van der Waals surface area contributed by atoms with Gasteiger partial charge in [0, 0.05) is 23.9 Å². The van der Waals surface area contributed by atoms with Crippen LogP contribution in [0.5, 0.6) is 0 Å². The lowest BCUT2D eigenvalue weighted by molar-refractivity contribution is -0.120. The lowest BCUT2D eigenvalue weighted by Crippen LogP contribution is -2.20. The first-order valence-electron chi connectivity index (χ1n) is 5.24. The predicted octanol–water partition coefficient (Wildman–Crippen LogP) is 3.34. The third-order valence-corrected chi connectivity index (χ3v) is 3.73. The maximum Gasteiger partial charge on any atom is 0.166 e. The molecular formula is C11H16BrNO2S. The molecular weight excluding hydrogens is 290 g/mol. The molecule has 0 fully saturated rings. The standard InChI is InChI=1S/C11H16BrNO2S/c1-3-14-10(15-4-2)8-16-11-9(12)6-5-7-13-11/h5-7,10H,3-4,8H2,1-2H3. The molecule has 0 atom stereocenters. The highest BCUT2D eigenvalue weighted by Crippen LogP contribution is 2.25. The van der Waals surface area contributed by atoms with Crippen molar-refractivity contribution in [3.8, 4) is 0 Å². The number of hydrogen-bond donors (Lipinski definition) is 0. The average molecular weight is 306 g/mol. The third kappa shape index (κ3) is 4.82. The molecule has 0 unspecified atom stereocenters. The molecule has 0 bridgehead atoms. The molecule has 0 spiro atoms. The molecule has 0 N–H and O–H groups in total. The van der Waals surface area contributed by atoms with E-state index in [1.54, 1.807) is 18.0 Å². The van der Waals surface area contributed by atoms with Crippen LogP contribution >= 0.6 is 27.7 Å². The van der Waals surface area contributed by atoms with Crippen LogP contribution < -0.4 is 0 Å². The molecule has 1 rings (SSSR count). The highest BCUT2D eigenvalue weighted by molar-refractivity contribution is 9.10. The van der Waals surface area contributed by atoms with Gasteiger partial charge in [-0.1, -0.05) is 0 Å². The highest BCUT2D eigenvalue weighted by Gasteiger charge is 2.10. The number of pyridine rings is 1. The first-order chi connectivity index (χ1) is 7.77. The van der Waals surface area contributed by atoms with E-state index in [0.717, 1.165) is 15.3 Å². The van der Waals surface area contributed by atoms with Crippen LogP contribution in [0.4, 0.5) is 0 Å². The van der Waals surface area contributed by atoms with Gasteiger partial charge in [0.2, 0.25) is 0 Å². The number of rotatable bonds is 7. The largest absolute Gasteiger partial charge is 0.352 e. The fourth-order valence-electron chi connectivity index (χ4n) is 1.14. The van der Waals surface area contributed by atoms with E-state index < -0.39 is 0 Å². The van der Waals surface area contributed by atoms with E-state index in [2.05, 4.69) is 20.9 Å². The maximum atomic E-state index is 5.46. The Morgan fingerprint density at radius 3 is 2.62 bits per heavy atom. The van der Waals surface area contributed by atoms with Crippen molar-refractivity contribution in [2.75, 3.05) is 19.0 Å². The summed E-state index contributed by atoms with van der Waals surface area (Å²) in [5.74, 6) is 0.747. The lowest BCUT2D eigenvalue weighted by Gasteiger charge is -2.16. The molecule has 3 nitrogen and oxygen atoms in total. The monoisotopic (exact) mass is 305 g/mol. The summed E-state index contributed by atoms with van der Waals surface area (Å²) in [6.07, 6.45) is 1.62. The van der Waals surface area contributed by atoms with Crippen LogP contribution in [0.25, 0.3) is 0 Å². The van der Waals surface area contributed by atoms with E-state index >= 15 is 0 Å². The molecule has 0 saturated heterocycles. The van der Waals surface area contributed by atoms with Crippen LogP contribution in [0.1, 0.15) is 13.8 Å². The Hall–Kier alpha value is -0.100. The number of hydrogen-bond acceptors (Lipinski definition) is 4. The fourth-order valence-corrected chi connectivity index (χ4v) is 2.57. The van der Waals surface area contributed by atoms with Gasteiger partial charge in [-0.2, -0.15) is 0 Å².